The summed E-state index contributed by atoms with van der Waals surface area (Å²) in [5.74, 6) is -5.28. The number of likely N-dealkylation sites (N-methyl/N-ethyl adjacent to an activating group) is 1. The van der Waals surface area contributed by atoms with Gasteiger partial charge in [-0.2, -0.15) is 0 Å². The molecule has 10 atom stereocenters. The number of nitrogens with zero attached hydrogens (tertiary/aromatic N) is 2. The van der Waals surface area contributed by atoms with Gasteiger partial charge in [0.1, 0.15) is 30.2 Å². The molecular formula is C55H74N10O11. The molecule has 1 aliphatic carbocycles. The summed E-state index contributed by atoms with van der Waals surface area (Å²) in [7, 11) is 2.81. The highest BCUT2D eigenvalue weighted by Gasteiger charge is 2.47. The summed E-state index contributed by atoms with van der Waals surface area (Å²) in [6, 6.07) is 14.1. The molecule has 2 unspecified atom stereocenters. The second kappa shape index (κ2) is 26.0. The van der Waals surface area contributed by atoms with Crippen LogP contribution in [0.1, 0.15) is 123 Å². The van der Waals surface area contributed by atoms with E-state index in [1.165, 1.54) is 41.2 Å². The number of carbonyl (C=O) groups is 9. The lowest BCUT2D eigenvalue weighted by Gasteiger charge is -2.36. The smallest absolute Gasteiger partial charge is 0.305 e. The average molecular weight is 1050 g/mol. The van der Waals surface area contributed by atoms with Gasteiger partial charge in [0.2, 0.25) is 35.4 Å². The molecule has 8 amide bonds. The van der Waals surface area contributed by atoms with E-state index in [0.717, 1.165) is 29.5 Å². The Kier molecular flexibility index (Phi) is 19.9. The number of likely N-dealkylation sites (tertiary alicyclic amines) is 2. The first-order valence-electron chi connectivity index (χ1n) is 25.9. The quantitative estimate of drug-likeness (QED) is 0.0717. The number of carbonyl (C=O) groups excluding carboxylic acids is 9. The molecule has 2 heterocycles. The molecule has 2 aliphatic heterocycles. The van der Waals surface area contributed by atoms with Gasteiger partial charge in [-0.3, -0.25) is 43.2 Å². The van der Waals surface area contributed by atoms with Crippen LogP contribution in [-0.2, 0) is 44.7 Å². The fourth-order valence-electron chi connectivity index (χ4n) is 9.91. The van der Waals surface area contributed by atoms with Crippen LogP contribution in [-0.4, -0.2) is 150 Å². The SMILES string of the molecule is CN[C@@H](C)C(=O)NC(C(=O)N1C[C@@H](NC(=O)c2cccc(C(=O)N[C@H]3C[C@@H](C(=O)N[C@H](C)c4ccccc4)N(C(=O)[C@H](CCC(=O)OC)NC(=O)[C@@H](N)CO)C3)c2)CC1C(=O)N[C@@H]1CCCc2ccccc21)C(C)(C)C. The van der Waals surface area contributed by atoms with E-state index in [1.54, 1.807) is 20.9 Å². The number of methoxy groups -OCH3 is 1. The van der Waals surface area contributed by atoms with Gasteiger partial charge in [0.05, 0.1) is 31.8 Å². The zero-order valence-corrected chi connectivity index (χ0v) is 44.4. The van der Waals surface area contributed by atoms with Crippen molar-refractivity contribution in [3.63, 3.8) is 0 Å². The predicted molar refractivity (Wildman–Crippen MR) is 281 cm³/mol. The molecule has 0 radical (unpaired) electrons. The predicted octanol–water partition coefficient (Wildman–Crippen LogP) is 1.05. The summed E-state index contributed by atoms with van der Waals surface area (Å²) in [4.78, 5) is 127. The average Bonchev–Trinajstić information content (AvgIpc) is 4.05. The van der Waals surface area contributed by atoms with Crippen molar-refractivity contribution in [2.45, 2.75) is 140 Å². The van der Waals surface area contributed by atoms with Crippen molar-refractivity contribution in [1.29, 1.82) is 0 Å². The van der Waals surface area contributed by atoms with Crippen LogP contribution < -0.4 is 43.0 Å². The van der Waals surface area contributed by atoms with Crippen LogP contribution in [0.3, 0.4) is 0 Å². The van der Waals surface area contributed by atoms with E-state index in [9.17, 15) is 48.3 Å². The molecule has 3 aromatic carbocycles. The normalized spacial score (nSPS) is 21.1. The van der Waals surface area contributed by atoms with Crippen molar-refractivity contribution in [2.24, 2.45) is 11.1 Å². The number of benzene rings is 3. The Morgan fingerprint density at radius 3 is 1.92 bits per heavy atom. The molecule has 0 aromatic heterocycles. The Labute approximate surface area is 443 Å². The maximum absolute atomic E-state index is 14.7. The van der Waals surface area contributed by atoms with Crippen LogP contribution in [0.15, 0.2) is 78.9 Å². The van der Waals surface area contributed by atoms with Gasteiger partial charge in [-0.25, -0.2) is 0 Å². The molecule has 0 saturated carbocycles. The van der Waals surface area contributed by atoms with E-state index < -0.39 is 120 Å². The van der Waals surface area contributed by atoms with Crippen molar-refractivity contribution in [3.05, 3.63) is 107 Å². The van der Waals surface area contributed by atoms with Crippen molar-refractivity contribution in [1.82, 2.24) is 47.0 Å². The molecule has 2 saturated heterocycles. The van der Waals surface area contributed by atoms with E-state index in [0.29, 0.717) is 6.42 Å². The van der Waals surface area contributed by atoms with E-state index in [1.807, 2.05) is 75.4 Å². The highest BCUT2D eigenvalue weighted by Crippen LogP contribution is 2.32. The fourth-order valence-corrected chi connectivity index (χ4v) is 9.91. The molecule has 21 heteroatoms. The topological polar surface area (TPSA) is 300 Å². The number of aliphatic hydroxyl groups is 1. The van der Waals surface area contributed by atoms with Crippen LogP contribution in [0.2, 0.25) is 0 Å². The number of amides is 8. The zero-order valence-electron chi connectivity index (χ0n) is 44.4. The Morgan fingerprint density at radius 1 is 0.737 bits per heavy atom. The molecule has 3 aromatic rings. The lowest BCUT2D eigenvalue weighted by atomic mass is 9.85. The van der Waals surface area contributed by atoms with Crippen molar-refractivity contribution in [3.8, 4) is 0 Å². The first-order valence-corrected chi connectivity index (χ1v) is 25.9. The Hall–Kier alpha value is -7.23. The lowest BCUT2D eigenvalue weighted by molar-refractivity contribution is -0.144. The summed E-state index contributed by atoms with van der Waals surface area (Å²) in [6.07, 6.45) is 1.96. The number of fused-ring (bicyclic) bond motifs is 1. The molecule has 6 rings (SSSR count). The van der Waals surface area contributed by atoms with Crippen LogP contribution in [0.5, 0.6) is 0 Å². The molecule has 3 aliphatic rings. The molecule has 21 nitrogen and oxygen atoms in total. The number of rotatable bonds is 20. The summed E-state index contributed by atoms with van der Waals surface area (Å²) in [5.41, 5.74) is 8.10. The van der Waals surface area contributed by atoms with Gasteiger partial charge in [0, 0.05) is 42.7 Å². The second-order valence-electron chi connectivity index (χ2n) is 21.0. The third kappa shape index (κ3) is 14.6. The number of aryl methyl sites for hydroxylation is 1. The van der Waals surface area contributed by atoms with Crippen molar-refractivity contribution < 1.29 is 53.0 Å². The molecule has 0 bridgehead atoms. The molecule has 410 valence electrons. The monoisotopic (exact) mass is 1050 g/mol. The Bertz CT molecular complexity index is 2610. The van der Waals surface area contributed by atoms with Gasteiger partial charge in [0.25, 0.3) is 11.8 Å². The molecule has 0 spiro atoms. The third-order valence-corrected chi connectivity index (χ3v) is 14.4. The van der Waals surface area contributed by atoms with Crippen LogP contribution in [0, 0.1) is 5.41 Å². The van der Waals surface area contributed by atoms with Gasteiger partial charge < -0.3 is 62.6 Å². The first kappa shape index (κ1) is 58.0. The lowest BCUT2D eigenvalue weighted by Crippen LogP contribution is -2.59. The summed E-state index contributed by atoms with van der Waals surface area (Å²) >= 11 is 0. The highest BCUT2D eigenvalue weighted by atomic mass is 16.5. The van der Waals surface area contributed by atoms with Gasteiger partial charge >= 0.3 is 5.97 Å². The van der Waals surface area contributed by atoms with Crippen LogP contribution in [0.4, 0.5) is 0 Å². The minimum absolute atomic E-state index is 0.0496. The van der Waals surface area contributed by atoms with E-state index in [-0.39, 0.29) is 55.9 Å². The largest absolute Gasteiger partial charge is 0.469 e. The van der Waals surface area contributed by atoms with Gasteiger partial charge in [0.15, 0.2) is 0 Å². The second-order valence-corrected chi connectivity index (χ2v) is 21.0. The van der Waals surface area contributed by atoms with Gasteiger partial charge in [-0.1, -0.05) is 81.4 Å². The summed E-state index contributed by atoms with van der Waals surface area (Å²) < 4.78 is 4.76. The van der Waals surface area contributed by atoms with Gasteiger partial charge in [-0.05, 0) is 99.7 Å². The molecule has 2 fully saturated rings. The van der Waals surface area contributed by atoms with E-state index >= 15 is 0 Å². The number of hydrogen-bond acceptors (Lipinski definition) is 13. The van der Waals surface area contributed by atoms with E-state index in [4.69, 9.17) is 10.5 Å². The Morgan fingerprint density at radius 2 is 1.33 bits per heavy atom. The maximum atomic E-state index is 14.7. The van der Waals surface area contributed by atoms with Crippen molar-refractivity contribution in [2.75, 3.05) is 33.9 Å². The standard InChI is InChI=1S/C55H74N10O11/c1-31(33-15-9-8-10-16-33)58-51(72)43-26-37(28-64(43)53(74)42(23-24-45(67)76-7)62-50(71)40(56)30-66)59-48(69)35-19-13-20-36(25-35)49(70)60-38-27-44(52(73)61-41-22-14-18-34-17-11-12-21-39(34)41)65(29-38)54(75)46(55(3,4)5)63-47(68)32(2)57-6/h8-13,15-17,19-21,25,31-32,37-38,40-44,46,57,66H,14,18,22-24,26-30,56H2,1-7H3,(H,58,72)(H,59,69)(H,60,70)(H,61,73)(H,62,71)(H,63,68)/t31-,32+,37+,38+,40+,41-,42+,43+,44?,46?/m1/s1. The zero-order chi connectivity index (χ0) is 55.4. The molecule has 10 N–H and O–H groups in total. The summed E-state index contributed by atoms with van der Waals surface area (Å²) in [6.45, 7) is 7.95. The number of nitrogens with two attached hydrogens (primary N) is 1. The Balaban J connectivity index is 1.20. The fraction of sp³-hybridized carbons (Fsp3) is 0.509. The van der Waals surface area contributed by atoms with Crippen LogP contribution >= 0.6 is 0 Å². The number of aliphatic hydroxyl groups excluding tert-OH is 1. The minimum atomic E-state index is -1.38. The number of ether oxygens (including phenoxy) is 1. The minimum Gasteiger partial charge on any atom is -0.469 e. The number of nitrogens with one attached hydrogen (secondary N) is 7. The van der Waals surface area contributed by atoms with Crippen molar-refractivity contribution >= 4 is 53.2 Å². The molecule has 76 heavy (non-hydrogen) atoms. The van der Waals surface area contributed by atoms with E-state index in [2.05, 4.69) is 37.2 Å². The third-order valence-electron chi connectivity index (χ3n) is 14.4. The van der Waals surface area contributed by atoms with Crippen LogP contribution in [0.25, 0.3) is 0 Å². The first-order chi connectivity index (χ1) is 36.1. The summed E-state index contributed by atoms with van der Waals surface area (Å²) in [5, 5.41) is 29.8. The number of hydrogen-bond donors (Lipinski definition) is 9. The molecular weight excluding hydrogens is 977 g/mol. The maximum Gasteiger partial charge on any atom is 0.305 e. The van der Waals surface area contributed by atoms with Gasteiger partial charge in [-0.15, -0.1) is 0 Å². The highest BCUT2D eigenvalue weighted by molar-refractivity contribution is 6.01. The number of esters is 1.